The third kappa shape index (κ3) is 5.30. The highest BCUT2D eigenvalue weighted by Gasteiger charge is 2.36. The fourth-order valence-electron chi connectivity index (χ4n) is 7.94. The molecule has 0 aromatic heterocycles. The van der Waals surface area contributed by atoms with E-state index in [4.69, 9.17) is 0 Å². The van der Waals surface area contributed by atoms with Crippen molar-refractivity contribution < 1.29 is 0 Å². The van der Waals surface area contributed by atoms with E-state index in [1.165, 1.54) is 92.9 Å². The molecular formula is C38H50Si. The highest BCUT2D eigenvalue weighted by molar-refractivity contribution is 6.49. The van der Waals surface area contributed by atoms with Crippen molar-refractivity contribution in [3.63, 3.8) is 0 Å². The van der Waals surface area contributed by atoms with E-state index in [0.29, 0.717) is 5.54 Å². The van der Waals surface area contributed by atoms with Gasteiger partial charge in [0, 0.05) is 5.54 Å². The van der Waals surface area contributed by atoms with Crippen LogP contribution in [0.2, 0.25) is 0 Å². The van der Waals surface area contributed by atoms with Gasteiger partial charge in [-0.1, -0.05) is 128 Å². The molecular weight excluding hydrogens is 485 g/mol. The number of allylic oxidation sites excluding steroid dienone is 4. The third-order valence-electron chi connectivity index (χ3n) is 10.3. The van der Waals surface area contributed by atoms with Gasteiger partial charge >= 0.3 is 0 Å². The maximum Gasteiger partial charge on any atom is 0.0900 e. The van der Waals surface area contributed by atoms with Gasteiger partial charge in [0.25, 0.3) is 0 Å². The van der Waals surface area contributed by atoms with Crippen molar-refractivity contribution in [1.29, 1.82) is 0 Å². The van der Waals surface area contributed by atoms with Crippen molar-refractivity contribution in [3.8, 4) is 11.1 Å². The lowest BCUT2D eigenvalue weighted by molar-refractivity contribution is 0.375. The van der Waals surface area contributed by atoms with Crippen LogP contribution in [0.5, 0.6) is 0 Å². The topological polar surface area (TPSA) is 0 Å². The standard InChI is InChI=1S/C38H50Si/c1-37(2,3)27-17-19-30-31-20-18-28(38(4,5)6)24-33(31)36(32(30)23-27)39-34-22-21-29(25-13-9-7-10-14-25)35(34)26-15-11-8-12-16-26/h17-21,23-26,36H,7-16,22H2,1-6H3. The van der Waals surface area contributed by atoms with Gasteiger partial charge in [-0.25, -0.2) is 0 Å². The Kier molecular flexibility index (Phi) is 7.36. The summed E-state index contributed by atoms with van der Waals surface area (Å²) in [5, 5.41) is 1.83. The molecule has 0 N–H and O–H groups in total. The Labute approximate surface area is 241 Å². The summed E-state index contributed by atoms with van der Waals surface area (Å²) in [4.78, 5) is 0. The van der Waals surface area contributed by atoms with Crippen molar-refractivity contribution in [3.05, 3.63) is 81.1 Å². The normalized spacial score (nSPS) is 21.3. The number of benzene rings is 2. The molecule has 2 fully saturated rings. The zero-order valence-corrected chi connectivity index (χ0v) is 26.6. The van der Waals surface area contributed by atoms with Crippen molar-refractivity contribution in [2.24, 2.45) is 11.8 Å². The molecule has 2 saturated carbocycles. The molecule has 0 saturated heterocycles. The highest BCUT2D eigenvalue weighted by atomic mass is 28.2. The lowest BCUT2D eigenvalue weighted by Gasteiger charge is -2.32. The van der Waals surface area contributed by atoms with E-state index in [0.717, 1.165) is 21.4 Å². The fourth-order valence-corrected chi connectivity index (χ4v) is 9.80. The second kappa shape index (κ2) is 10.5. The Bertz CT molecular complexity index is 1220. The van der Waals surface area contributed by atoms with Gasteiger partial charge in [0.1, 0.15) is 0 Å². The van der Waals surface area contributed by atoms with E-state index in [1.807, 2.05) is 16.3 Å². The fraction of sp³-hybridized carbons (Fsp3) is 0.579. The molecule has 0 atom stereocenters. The molecule has 6 rings (SSSR count). The van der Waals surface area contributed by atoms with Gasteiger partial charge in [-0.15, -0.1) is 0 Å². The van der Waals surface area contributed by atoms with Crippen LogP contribution in [-0.4, -0.2) is 9.52 Å². The van der Waals surface area contributed by atoms with Crippen LogP contribution >= 0.6 is 0 Å². The molecule has 1 heteroatoms. The van der Waals surface area contributed by atoms with Crippen LogP contribution in [0.15, 0.2) is 58.8 Å². The SMILES string of the molecule is CC(C)(C)c1ccc2c(c1)C([Si]C1=C(C3CCCCC3)C(C3CCCCC3)=CC1)c1cc(C(C)(C)C)ccc1-2. The predicted octanol–water partition coefficient (Wildman–Crippen LogP) is 10.8. The Hall–Kier alpha value is -1.86. The van der Waals surface area contributed by atoms with Gasteiger partial charge in [0.2, 0.25) is 0 Å². The first-order valence-electron chi connectivity index (χ1n) is 16.1. The minimum Gasteiger partial charge on any atom is -0.0771 e. The average Bonchev–Trinajstić information content (AvgIpc) is 3.48. The van der Waals surface area contributed by atoms with Crippen molar-refractivity contribution in [2.75, 3.05) is 0 Å². The van der Waals surface area contributed by atoms with Crippen LogP contribution in [0.3, 0.4) is 0 Å². The number of fused-ring (bicyclic) bond motifs is 3. The van der Waals surface area contributed by atoms with Crippen LogP contribution in [0, 0.1) is 11.8 Å². The van der Waals surface area contributed by atoms with E-state index in [9.17, 15) is 0 Å². The first-order valence-corrected chi connectivity index (χ1v) is 17.2. The second-order valence-corrected chi connectivity index (χ2v) is 16.6. The summed E-state index contributed by atoms with van der Waals surface area (Å²) >= 11 is 0. The molecule has 39 heavy (non-hydrogen) atoms. The van der Waals surface area contributed by atoms with Gasteiger partial charge in [0.15, 0.2) is 0 Å². The predicted molar refractivity (Wildman–Crippen MR) is 170 cm³/mol. The minimum absolute atomic E-state index is 0.170. The second-order valence-electron chi connectivity index (χ2n) is 15.1. The van der Waals surface area contributed by atoms with Gasteiger partial charge in [-0.05, 0) is 99.3 Å². The van der Waals surface area contributed by atoms with Gasteiger partial charge in [0.05, 0.1) is 9.52 Å². The summed E-state index contributed by atoms with van der Waals surface area (Å²) in [5.41, 5.74) is 13.7. The van der Waals surface area contributed by atoms with Gasteiger partial charge in [-0.2, -0.15) is 0 Å². The molecule has 0 bridgehead atoms. The maximum atomic E-state index is 2.72. The molecule has 0 unspecified atom stereocenters. The summed E-state index contributed by atoms with van der Waals surface area (Å²) in [6, 6.07) is 14.9. The molecule has 0 spiro atoms. The van der Waals surface area contributed by atoms with Crippen molar-refractivity contribution in [1.82, 2.24) is 0 Å². The monoisotopic (exact) mass is 534 g/mol. The van der Waals surface area contributed by atoms with E-state index in [1.54, 1.807) is 11.1 Å². The highest BCUT2D eigenvalue weighted by Crippen LogP contribution is 2.50. The van der Waals surface area contributed by atoms with Crippen LogP contribution in [0.4, 0.5) is 0 Å². The molecule has 206 valence electrons. The van der Waals surface area contributed by atoms with E-state index < -0.39 is 0 Å². The van der Waals surface area contributed by atoms with E-state index in [2.05, 4.69) is 84.0 Å². The molecule has 0 amide bonds. The van der Waals surface area contributed by atoms with Crippen molar-refractivity contribution in [2.45, 2.75) is 129 Å². The summed E-state index contributed by atoms with van der Waals surface area (Å²) in [5.74, 6) is 1.65. The molecule has 4 aliphatic rings. The molecule has 0 nitrogen and oxygen atoms in total. The van der Waals surface area contributed by atoms with Crippen LogP contribution in [0.25, 0.3) is 11.1 Å². The first kappa shape index (κ1) is 27.3. The molecule has 2 aromatic rings. The zero-order chi connectivity index (χ0) is 27.4. The molecule has 0 aliphatic heterocycles. The average molecular weight is 535 g/mol. The smallest absolute Gasteiger partial charge is 0.0771 e. The molecule has 0 heterocycles. The molecule has 2 radical (unpaired) electrons. The Morgan fingerprint density at radius 1 is 0.615 bits per heavy atom. The molecule has 2 aromatic carbocycles. The largest absolute Gasteiger partial charge is 0.0900 e. The third-order valence-corrected chi connectivity index (χ3v) is 12.0. The summed E-state index contributed by atoms with van der Waals surface area (Å²) in [6.07, 6.45) is 18.3. The van der Waals surface area contributed by atoms with Gasteiger partial charge < -0.3 is 0 Å². The van der Waals surface area contributed by atoms with Crippen LogP contribution in [0.1, 0.15) is 140 Å². The maximum absolute atomic E-state index is 2.72. The molecule has 4 aliphatic carbocycles. The quantitative estimate of drug-likeness (QED) is 0.342. The Morgan fingerprint density at radius 3 is 1.59 bits per heavy atom. The van der Waals surface area contributed by atoms with E-state index >= 15 is 0 Å². The first-order chi connectivity index (χ1) is 18.6. The number of rotatable bonds is 4. The Morgan fingerprint density at radius 2 is 1.10 bits per heavy atom. The van der Waals surface area contributed by atoms with Crippen LogP contribution < -0.4 is 0 Å². The summed E-state index contributed by atoms with van der Waals surface area (Å²) in [6.45, 7) is 14.2. The van der Waals surface area contributed by atoms with Crippen molar-refractivity contribution >= 4 is 9.52 Å². The lowest BCUT2D eigenvalue weighted by Crippen LogP contribution is -2.20. The van der Waals surface area contributed by atoms with Crippen LogP contribution in [-0.2, 0) is 10.8 Å². The van der Waals surface area contributed by atoms with E-state index in [-0.39, 0.29) is 10.8 Å². The summed E-state index contributed by atoms with van der Waals surface area (Å²) in [7, 11) is 0.865. The lowest BCUT2D eigenvalue weighted by atomic mass is 9.75. The summed E-state index contributed by atoms with van der Waals surface area (Å²) < 4.78 is 0. The van der Waals surface area contributed by atoms with Gasteiger partial charge in [-0.3, -0.25) is 0 Å². The number of hydrogen-bond donors (Lipinski definition) is 0. The zero-order valence-electron chi connectivity index (χ0n) is 25.6. The minimum atomic E-state index is 0.170. The number of hydrogen-bond acceptors (Lipinski definition) is 0. The Balaban J connectivity index is 1.45.